The van der Waals surface area contributed by atoms with Crippen LogP contribution in [-0.2, 0) is 18.9 Å². The van der Waals surface area contributed by atoms with E-state index >= 15 is 0 Å². The van der Waals surface area contributed by atoms with E-state index in [1.165, 1.54) is 17.7 Å². The van der Waals surface area contributed by atoms with Gasteiger partial charge in [0.05, 0.1) is 5.92 Å². The minimum Gasteiger partial charge on any atom is -0.357 e. The van der Waals surface area contributed by atoms with E-state index in [9.17, 15) is 14.4 Å². The number of amides is 1. The summed E-state index contributed by atoms with van der Waals surface area (Å²) in [7, 11) is 3.14. The topological polar surface area (TPSA) is 83.7 Å². The van der Waals surface area contributed by atoms with E-state index < -0.39 is 0 Å². The van der Waals surface area contributed by atoms with Crippen LogP contribution in [0.15, 0.2) is 40.1 Å². The molecule has 9 heteroatoms. The summed E-state index contributed by atoms with van der Waals surface area (Å²) in [4.78, 5) is 48.1. The molecule has 2 aliphatic heterocycles. The summed E-state index contributed by atoms with van der Waals surface area (Å²) in [5.41, 5.74) is -0.677. The van der Waals surface area contributed by atoms with Crippen LogP contribution in [0.5, 0.6) is 0 Å². The van der Waals surface area contributed by atoms with Crippen LogP contribution in [0.1, 0.15) is 12.8 Å². The van der Waals surface area contributed by atoms with Crippen molar-refractivity contribution < 1.29 is 4.79 Å². The molecule has 0 radical (unpaired) electrons. The largest absolute Gasteiger partial charge is 0.357 e. The molecule has 30 heavy (non-hydrogen) atoms. The number of carbonyl (C=O) groups excluding carboxylic acids is 1. The van der Waals surface area contributed by atoms with E-state index in [-0.39, 0.29) is 23.1 Å². The van der Waals surface area contributed by atoms with Gasteiger partial charge in [-0.05, 0) is 25.0 Å². The quantitative estimate of drug-likeness (QED) is 0.708. The van der Waals surface area contributed by atoms with Gasteiger partial charge in [-0.25, -0.2) is 9.78 Å². The lowest BCUT2D eigenvalue weighted by Crippen LogP contribution is -2.53. The predicted molar refractivity (Wildman–Crippen MR) is 115 cm³/mol. The van der Waals surface area contributed by atoms with Crippen LogP contribution in [0.4, 0.5) is 11.6 Å². The molecule has 1 atom stereocenters. The summed E-state index contributed by atoms with van der Waals surface area (Å²) in [6.07, 6.45) is 3.47. The smallest absolute Gasteiger partial charge is 0.332 e. The van der Waals surface area contributed by atoms with E-state index in [1.807, 2.05) is 28.0 Å². The van der Waals surface area contributed by atoms with Gasteiger partial charge in [-0.1, -0.05) is 6.07 Å². The van der Waals surface area contributed by atoms with Crippen LogP contribution in [-0.4, -0.2) is 64.2 Å². The van der Waals surface area contributed by atoms with Gasteiger partial charge in [0.1, 0.15) is 11.6 Å². The van der Waals surface area contributed by atoms with Crippen molar-refractivity contribution in [1.82, 2.24) is 19.0 Å². The summed E-state index contributed by atoms with van der Waals surface area (Å²) >= 11 is 0. The zero-order chi connectivity index (χ0) is 21.3. The van der Waals surface area contributed by atoms with Gasteiger partial charge in [-0.3, -0.25) is 18.7 Å². The maximum Gasteiger partial charge on any atom is 0.332 e. The van der Waals surface area contributed by atoms with Crippen molar-refractivity contribution in [2.45, 2.75) is 12.8 Å². The van der Waals surface area contributed by atoms with E-state index in [0.29, 0.717) is 25.5 Å². The molecule has 2 aliphatic rings. The van der Waals surface area contributed by atoms with Crippen molar-refractivity contribution in [2.75, 3.05) is 49.1 Å². The van der Waals surface area contributed by atoms with Gasteiger partial charge in [0.2, 0.25) is 5.91 Å². The predicted octanol–water partition coefficient (Wildman–Crippen LogP) is 0.0442. The molecule has 2 fully saturated rings. The average molecular weight is 412 g/mol. The molecule has 1 amide bonds. The Morgan fingerprint density at radius 3 is 2.47 bits per heavy atom. The normalized spacial score (nSPS) is 19.8. The first-order chi connectivity index (χ1) is 14.5. The van der Waals surface area contributed by atoms with Gasteiger partial charge in [-0.15, -0.1) is 0 Å². The molecule has 0 bridgehead atoms. The zero-order valence-corrected chi connectivity index (χ0v) is 17.5. The SMILES string of the molecule is Cn1c(N2CCC[C@@H](C(=O)N3CCN(c4ccccn4)CC3)C2)cc(=O)n(C)c1=O. The fourth-order valence-electron chi connectivity index (χ4n) is 4.37. The lowest BCUT2D eigenvalue weighted by Gasteiger charge is -2.40. The molecule has 160 valence electrons. The monoisotopic (exact) mass is 412 g/mol. The third kappa shape index (κ3) is 3.83. The lowest BCUT2D eigenvalue weighted by atomic mass is 9.96. The maximum absolute atomic E-state index is 13.2. The number of carbonyl (C=O) groups is 1. The summed E-state index contributed by atoms with van der Waals surface area (Å²) in [6, 6.07) is 7.35. The van der Waals surface area contributed by atoms with Crippen LogP contribution >= 0.6 is 0 Å². The van der Waals surface area contributed by atoms with Crippen LogP contribution in [0.25, 0.3) is 0 Å². The van der Waals surface area contributed by atoms with Crippen LogP contribution in [0, 0.1) is 5.92 Å². The molecule has 2 aromatic rings. The van der Waals surface area contributed by atoms with Crippen LogP contribution < -0.4 is 21.0 Å². The minimum atomic E-state index is -0.350. The van der Waals surface area contributed by atoms with Crippen molar-refractivity contribution in [1.29, 1.82) is 0 Å². The summed E-state index contributed by atoms with van der Waals surface area (Å²) < 4.78 is 2.58. The molecular formula is C21H28N6O3. The number of piperazine rings is 1. The number of piperidine rings is 1. The second kappa shape index (κ2) is 8.33. The second-order valence-corrected chi connectivity index (χ2v) is 8.03. The molecule has 2 aromatic heterocycles. The van der Waals surface area contributed by atoms with E-state index in [4.69, 9.17) is 0 Å². The number of pyridine rings is 1. The lowest BCUT2D eigenvalue weighted by molar-refractivity contribution is -0.136. The number of hydrogen-bond donors (Lipinski definition) is 0. The van der Waals surface area contributed by atoms with Crippen molar-refractivity contribution in [2.24, 2.45) is 20.0 Å². The van der Waals surface area contributed by atoms with Crippen molar-refractivity contribution >= 4 is 17.5 Å². The number of anilines is 2. The van der Waals surface area contributed by atoms with Gasteiger partial charge in [0, 0.05) is 65.6 Å². The van der Waals surface area contributed by atoms with Gasteiger partial charge in [0.25, 0.3) is 5.56 Å². The van der Waals surface area contributed by atoms with Gasteiger partial charge < -0.3 is 14.7 Å². The first-order valence-corrected chi connectivity index (χ1v) is 10.4. The summed E-state index contributed by atoms with van der Waals surface area (Å²) in [5, 5.41) is 0. The van der Waals surface area contributed by atoms with Gasteiger partial charge in [0.15, 0.2) is 0 Å². The number of nitrogens with zero attached hydrogens (tertiary/aromatic N) is 6. The fourth-order valence-corrected chi connectivity index (χ4v) is 4.37. The molecule has 0 spiro atoms. The van der Waals surface area contributed by atoms with Crippen molar-refractivity contribution in [3.05, 3.63) is 51.3 Å². The number of rotatable bonds is 3. The zero-order valence-electron chi connectivity index (χ0n) is 17.5. The Balaban J connectivity index is 1.42. The molecule has 2 saturated heterocycles. The number of hydrogen-bond acceptors (Lipinski definition) is 6. The minimum absolute atomic E-state index is 0.126. The highest BCUT2D eigenvalue weighted by Crippen LogP contribution is 2.24. The number of aromatic nitrogens is 3. The van der Waals surface area contributed by atoms with Crippen LogP contribution in [0.2, 0.25) is 0 Å². The Labute approximate surface area is 175 Å². The van der Waals surface area contributed by atoms with E-state index in [0.717, 1.165) is 42.9 Å². The molecule has 0 aliphatic carbocycles. The van der Waals surface area contributed by atoms with E-state index in [2.05, 4.69) is 9.88 Å². The molecule has 4 heterocycles. The second-order valence-electron chi connectivity index (χ2n) is 8.03. The molecule has 0 unspecified atom stereocenters. The fraction of sp³-hybridized carbons (Fsp3) is 0.524. The standard InChI is InChI=1S/C21H28N6O3/c1-23-18(14-19(28)24(2)21(23)30)27-9-5-6-16(15-27)20(29)26-12-10-25(11-13-26)17-7-3-4-8-22-17/h3-4,7-8,14,16H,5-6,9-13,15H2,1-2H3/t16-/m1/s1. The van der Waals surface area contributed by atoms with Crippen molar-refractivity contribution in [3.8, 4) is 0 Å². The molecule has 0 aromatic carbocycles. The average Bonchev–Trinajstić information content (AvgIpc) is 2.80. The highest BCUT2D eigenvalue weighted by atomic mass is 16.2. The Kier molecular flexibility index (Phi) is 5.61. The maximum atomic E-state index is 13.2. The third-order valence-corrected chi connectivity index (χ3v) is 6.16. The van der Waals surface area contributed by atoms with Crippen LogP contribution in [0.3, 0.4) is 0 Å². The van der Waals surface area contributed by atoms with Gasteiger partial charge >= 0.3 is 5.69 Å². The summed E-state index contributed by atoms with van der Waals surface area (Å²) in [5.74, 6) is 1.56. The Hall–Kier alpha value is -3.10. The molecular weight excluding hydrogens is 384 g/mol. The highest BCUT2D eigenvalue weighted by molar-refractivity contribution is 5.80. The molecule has 0 N–H and O–H groups in total. The summed E-state index contributed by atoms with van der Waals surface area (Å²) in [6.45, 7) is 4.15. The molecule has 0 saturated carbocycles. The first-order valence-electron chi connectivity index (χ1n) is 10.4. The Bertz CT molecular complexity index is 1020. The van der Waals surface area contributed by atoms with Gasteiger partial charge in [-0.2, -0.15) is 0 Å². The van der Waals surface area contributed by atoms with E-state index in [1.54, 1.807) is 13.2 Å². The highest BCUT2D eigenvalue weighted by Gasteiger charge is 2.32. The van der Waals surface area contributed by atoms with Crippen molar-refractivity contribution in [3.63, 3.8) is 0 Å². The molecule has 9 nitrogen and oxygen atoms in total. The Morgan fingerprint density at radius 1 is 1.00 bits per heavy atom. The third-order valence-electron chi connectivity index (χ3n) is 6.16. The Morgan fingerprint density at radius 2 is 1.77 bits per heavy atom. The first kappa shape index (κ1) is 20.2. The molecule has 4 rings (SSSR count).